The number of nitrogens with one attached hydrogen (secondary N) is 1. The van der Waals surface area contributed by atoms with Crippen molar-refractivity contribution in [3.05, 3.63) is 18.0 Å². The summed E-state index contributed by atoms with van der Waals surface area (Å²) in [4.78, 5) is 2.47. The van der Waals surface area contributed by atoms with E-state index in [4.69, 9.17) is 4.74 Å². The van der Waals surface area contributed by atoms with Crippen LogP contribution in [0.15, 0.2) is 12.4 Å². The maximum Gasteiger partial charge on any atom is 0.0594 e. The molecule has 0 saturated carbocycles. The van der Waals surface area contributed by atoms with Crippen LogP contribution in [0.1, 0.15) is 12.0 Å². The molecule has 1 aromatic heterocycles. The average molecular weight is 311 g/mol. The molecule has 2 heterocycles. The molecule has 1 aliphatic rings. The van der Waals surface area contributed by atoms with Gasteiger partial charge >= 0.3 is 0 Å². The molecule has 0 atom stereocenters. The van der Waals surface area contributed by atoms with Crippen LogP contribution in [0.2, 0.25) is 0 Å². The number of halogens is 2. The fourth-order valence-corrected chi connectivity index (χ4v) is 2.05. The number of aryl methyl sites for hydroxylation is 1. The number of rotatable bonds is 6. The SMILES string of the molecule is Cl.Cl.Cn1cc(CNCCCN2CCOCC2)cn1. The van der Waals surface area contributed by atoms with Crippen LogP contribution in [-0.2, 0) is 18.3 Å². The molecule has 0 aliphatic carbocycles. The summed E-state index contributed by atoms with van der Waals surface area (Å²) in [7, 11) is 1.95. The van der Waals surface area contributed by atoms with E-state index in [-0.39, 0.29) is 24.8 Å². The summed E-state index contributed by atoms with van der Waals surface area (Å²) in [6.07, 6.45) is 5.16. The molecule has 5 nitrogen and oxygen atoms in total. The molecular formula is C12H24Cl2N4O. The summed E-state index contributed by atoms with van der Waals surface area (Å²) in [5.41, 5.74) is 1.25. The zero-order chi connectivity index (χ0) is 11.9. The minimum Gasteiger partial charge on any atom is -0.379 e. The zero-order valence-electron chi connectivity index (χ0n) is 11.4. The van der Waals surface area contributed by atoms with E-state index in [1.165, 1.54) is 18.5 Å². The summed E-state index contributed by atoms with van der Waals surface area (Å²) < 4.78 is 7.16. The monoisotopic (exact) mass is 310 g/mol. The van der Waals surface area contributed by atoms with E-state index in [9.17, 15) is 0 Å². The van der Waals surface area contributed by atoms with E-state index < -0.39 is 0 Å². The Bertz CT molecular complexity index is 329. The summed E-state index contributed by atoms with van der Waals surface area (Å²) in [5, 5.41) is 7.59. The van der Waals surface area contributed by atoms with Crippen LogP contribution in [0.25, 0.3) is 0 Å². The van der Waals surface area contributed by atoms with Gasteiger partial charge in [0.25, 0.3) is 0 Å². The van der Waals surface area contributed by atoms with Gasteiger partial charge in [-0.3, -0.25) is 9.58 Å². The van der Waals surface area contributed by atoms with E-state index in [2.05, 4.69) is 21.5 Å². The Morgan fingerprint density at radius 2 is 2.05 bits per heavy atom. The number of hydrogen-bond donors (Lipinski definition) is 1. The number of hydrogen-bond acceptors (Lipinski definition) is 4. The Hall–Kier alpha value is -0.330. The van der Waals surface area contributed by atoms with Gasteiger partial charge in [0.15, 0.2) is 0 Å². The number of nitrogens with zero attached hydrogens (tertiary/aromatic N) is 3. The largest absolute Gasteiger partial charge is 0.379 e. The molecule has 112 valence electrons. The Balaban J connectivity index is 0.00000162. The third-order valence-corrected chi connectivity index (χ3v) is 3.02. The molecule has 1 aliphatic heterocycles. The normalized spacial score (nSPS) is 15.6. The van der Waals surface area contributed by atoms with Crippen molar-refractivity contribution in [1.29, 1.82) is 0 Å². The molecule has 2 rings (SSSR count). The highest BCUT2D eigenvalue weighted by Crippen LogP contribution is 1.98. The van der Waals surface area contributed by atoms with Gasteiger partial charge in [-0.05, 0) is 19.5 Å². The van der Waals surface area contributed by atoms with Crippen molar-refractivity contribution >= 4 is 24.8 Å². The molecule has 0 aromatic carbocycles. The van der Waals surface area contributed by atoms with Gasteiger partial charge < -0.3 is 10.1 Å². The van der Waals surface area contributed by atoms with Gasteiger partial charge in [-0.15, -0.1) is 24.8 Å². The summed E-state index contributed by atoms with van der Waals surface area (Å²) in [6.45, 7) is 7.10. The van der Waals surface area contributed by atoms with Gasteiger partial charge in [0.05, 0.1) is 19.4 Å². The van der Waals surface area contributed by atoms with Crippen LogP contribution in [-0.4, -0.2) is 54.1 Å². The second-order valence-electron chi connectivity index (χ2n) is 4.51. The fourth-order valence-electron chi connectivity index (χ4n) is 2.05. The van der Waals surface area contributed by atoms with Crippen LogP contribution < -0.4 is 5.32 Å². The predicted octanol–water partition coefficient (Wildman–Crippen LogP) is 1.08. The van der Waals surface area contributed by atoms with E-state index in [1.807, 2.05) is 17.9 Å². The lowest BCUT2D eigenvalue weighted by atomic mass is 10.3. The number of ether oxygens (including phenoxy) is 1. The van der Waals surface area contributed by atoms with Crippen molar-refractivity contribution < 1.29 is 4.74 Å². The minimum atomic E-state index is 0. The number of morpholine rings is 1. The molecule has 1 aromatic rings. The molecule has 0 bridgehead atoms. The first-order chi connectivity index (χ1) is 8.34. The lowest BCUT2D eigenvalue weighted by Crippen LogP contribution is -2.37. The van der Waals surface area contributed by atoms with Crippen LogP contribution in [0, 0.1) is 0 Å². The van der Waals surface area contributed by atoms with Gasteiger partial charge in [0, 0.05) is 38.4 Å². The van der Waals surface area contributed by atoms with Crippen molar-refractivity contribution in [2.45, 2.75) is 13.0 Å². The van der Waals surface area contributed by atoms with Crippen LogP contribution in [0.3, 0.4) is 0 Å². The predicted molar refractivity (Wildman–Crippen MR) is 81.3 cm³/mol. The van der Waals surface area contributed by atoms with Crippen LogP contribution in [0.4, 0.5) is 0 Å². The van der Waals surface area contributed by atoms with Gasteiger partial charge in [0.1, 0.15) is 0 Å². The lowest BCUT2D eigenvalue weighted by Gasteiger charge is -2.26. The highest BCUT2D eigenvalue weighted by atomic mass is 35.5. The second kappa shape index (κ2) is 10.5. The van der Waals surface area contributed by atoms with Gasteiger partial charge in [0.2, 0.25) is 0 Å². The maximum absolute atomic E-state index is 5.32. The Kier molecular flexibility index (Phi) is 10.3. The highest BCUT2D eigenvalue weighted by molar-refractivity contribution is 5.85. The van der Waals surface area contributed by atoms with E-state index >= 15 is 0 Å². The van der Waals surface area contributed by atoms with Gasteiger partial charge in [-0.1, -0.05) is 0 Å². The van der Waals surface area contributed by atoms with Crippen molar-refractivity contribution in [2.75, 3.05) is 39.4 Å². The van der Waals surface area contributed by atoms with Crippen molar-refractivity contribution in [3.8, 4) is 0 Å². The van der Waals surface area contributed by atoms with Crippen molar-refractivity contribution in [2.24, 2.45) is 7.05 Å². The Morgan fingerprint density at radius 1 is 1.32 bits per heavy atom. The molecule has 0 spiro atoms. The minimum absolute atomic E-state index is 0. The molecule has 0 amide bonds. The molecule has 0 unspecified atom stereocenters. The molecule has 1 N–H and O–H groups in total. The summed E-state index contributed by atoms with van der Waals surface area (Å²) in [5.74, 6) is 0. The fraction of sp³-hybridized carbons (Fsp3) is 0.750. The van der Waals surface area contributed by atoms with E-state index in [0.29, 0.717) is 0 Å². The van der Waals surface area contributed by atoms with Crippen LogP contribution in [0.5, 0.6) is 0 Å². The molecule has 1 fully saturated rings. The van der Waals surface area contributed by atoms with Gasteiger partial charge in [-0.25, -0.2) is 0 Å². The van der Waals surface area contributed by atoms with Gasteiger partial charge in [-0.2, -0.15) is 5.10 Å². The van der Waals surface area contributed by atoms with Crippen molar-refractivity contribution in [1.82, 2.24) is 20.0 Å². The molecule has 1 saturated heterocycles. The summed E-state index contributed by atoms with van der Waals surface area (Å²) in [6, 6.07) is 0. The average Bonchev–Trinajstić information content (AvgIpc) is 2.76. The second-order valence-corrected chi connectivity index (χ2v) is 4.51. The molecule has 19 heavy (non-hydrogen) atoms. The Labute approximate surface area is 127 Å². The quantitative estimate of drug-likeness (QED) is 0.798. The first-order valence-corrected chi connectivity index (χ1v) is 6.33. The zero-order valence-corrected chi connectivity index (χ0v) is 13.0. The Morgan fingerprint density at radius 3 is 2.68 bits per heavy atom. The number of aromatic nitrogens is 2. The topological polar surface area (TPSA) is 42.3 Å². The first-order valence-electron chi connectivity index (χ1n) is 6.33. The third-order valence-electron chi connectivity index (χ3n) is 3.02. The standard InChI is InChI=1S/C12H22N4O.2ClH/c1-15-11-12(10-14-15)9-13-3-2-4-16-5-7-17-8-6-16;;/h10-11,13H,2-9H2,1H3;2*1H. The highest BCUT2D eigenvalue weighted by Gasteiger charge is 2.08. The molecule has 0 radical (unpaired) electrons. The van der Waals surface area contributed by atoms with E-state index in [1.54, 1.807) is 0 Å². The molecule has 7 heteroatoms. The first kappa shape index (κ1) is 18.7. The smallest absolute Gasteiger partial charge is 0.0594 e. The van der Waals surface area contributed by atoms with Crippen molar-refractivity contribution in [3.63, 3.8) is 0 Å². The summed E-state index contributed by atoms with van der Waals surface area (Å²) >= 11 is 0. The third kappa shape index (κ3) is 7.13. The van der Waals surface area contributed by atoms with Crippen LogP contribution >= 0.6 is 24.8 Å². The molecular weight excluding hydrogens is 287 g/mol. The van der Waals surface area contributed by atoms with E-state index in [0.717, 1.165) is 39.4 Å². The maximum atomic E-state index is 5.32. The lowest BCUT2D eigenvalue weighted by molar-refractivity contribution is 0.0374.